The maximum atomic E-state index is 12.8. The van der Waals surface area contributed by atoms with Gasteiger partial charge < -0.3 is 9.47 Å². The van der Waals surface area contributed by atoms with Crippen molar-refractivity contribution in [3.63, 3.8) is 0 Å². The van der Waals surface area contributed by atoms with E-state index >= 15 is 0 Å². The summed E-state index contributed by atoms with van der Waals surface area (Å²) in [6.07, 6.45) is 2.43. The molecule has 3 aromatic rings. The van der Waals surface area contributed by atoms with Crippen LogP contribution in [0.2, 0.25) is 0 Å². The van der Waals surface area contributed by atoms with Gasteiger partial charge in [-0.3, -0.25) is 19.5 Å². The predicted molar refractivity (Wildman–Crippen MR) is 111 cm³/mol. The Morgan fingerprint density at radius 1 is 1.07 bits per heavy atom. The van der Waals surface area contributed by atoms with Crippen LogP contribution >= 0.6 is 0 Å². The molecule has 0 N–H and O–H groups in total. The summed E-state index contributed by atoms with van der Waals surface area (Å²) in [5.74, 6) is 1.68. The van der Waals surface area contributed by atoms with Crippen molar-refractivity contribution in [3.05, 3.63) is 75.8 Å². The largest absolute Gasteiger partial charge is 0.495 e. The van der Waals surface area contributed by atoms with Gasteiger partial charge in [-0.15, -0.1) is 0 Å². The number of hydrogen-bond donors (Lipinski definition) is 0. The number of hydrogen-bond acceptors (Lipinski definition) is 6. The van der Waals surface area contributed by atoms with E-state index in [1.165, 1.54) is 10.7 Å². The SMILES string of the molecule is CCCn1nc(N2Cc3cc(OCc4ccc(OC)cn4)ccc3C2=O)ccc1=O. The van der Waals surface area contributed by atoms with Crippen LogP contribution in [-0.4, -0.2) is 27.8 Å². The zero-order chi connectivity index (χ0) is 21.1. The third-order valence-electron chi connectivity index (χ3n) is 4.87. The fraction of sp³-hybridized carbons (Fsp3) is 0.273. The fourth-order valence-corrected chi connectivity index (χ4v) is 3.30. The van der Waals surface area contributed by atoms with Gasteiger partial charge in [-0.1, -0.05) is 6.92 Å². The Labute approximate surface area is 173 Å². The summed E-state index contributed by atoms with van der Waals surface area (Å²) >= 11 is 0. The number of rotatable bonds is 7. The van der Waals surface area contributed by atoms with E-state index in [2.05, 4.69) is 10.1 Å². The average molecular weight is 406 g/mol. The van der Waals surface area contributed by atoms with Gasteiger partial charge in [0.25, 0.3) is 11.5 Å². The Balaban J connectivity index is 1.49. The van der Waals surface area contributed by atoms with Gasteiger partial charge in [-0.25, -0.2) is 4.68 Å². The first-order valence-electron chi connectivity index (χ1n) is 9.73. The smallest absolute Gasteiger partial charge is 0.266 e. The maximum absolute atomic E-state index is 12.8. The summed E-state index contributed by atoms with van der Waals surface area (Å²) in [6.45, 7) is 3.17. The molecule has 0 saturated carbocycles. The Morgan fingerprint density at radius 3 is 2.63 bits per heavy atom. The Bertz CT molecular complexity index is 1120. The monoisotopic (exact) mass is 406 g/mol. The number of anilines is 1. The molecule has 0 bridgehead atoms. The van der Waals surface area contributed by atoms with Crippen LogP contribution < -0.4 is 19.9 Å². The molecule has 1 aliphatic rings. The number of pyridine rings is 1. The van der Waals surface area contributed by atoms with Crippen molar-refractivity contribution in [2.75, 3.05) is 12.0 Å². The molecule has 0 aliphatic carbocycles. The standard InChI is InChI=1S/C22H22N4O4/c1-3-10-26-21(27)9-8-20(24-26)25-13-15-11-17(6-7-19(15)22(25)28)30-14-16-4-5-18(29-2)12-23-16/h4-9,11-12H,3,10,13-14H2,1-2H3. The highest BCUT2D eigenvalue weighted by molar-refractivity contribution is 6.09. The van der Waals surface area contributed by atoms with Crippen molar-refractivity contribution in [1.29, 1.82) is 0 Å². The maximum Gasteiger partial charge on any atom is 0.266 e. The summed E-state index contributed by atoms with van der Waals surface area (Å²) in [5.41, 5.74) is 2.07. The number of nitrogens with zero attached hydrogens (tertiary/aromatic N) is 4. The Morgan fingerprint density at radius 2 is 1.90 bits per heavy atom. The van der Waals surface area contributed by atoms with Crippen molar-refractivity contribution in [3.8, 4) is 11.5 Å². The molecule has 2 aromatic heterocycles. The van der Waals surface area contributed by atoms with Crippen LogP contribution in [0.1, 0.15) is 35.0 Å². The zero-order valence-corrected chi connectivity index (χ0v) is 16.9. The molecule has 8 nitrogen and oxygen atoms in total. The first-order valence-corrected chi connectivity index (χ1v) is 9.73. The van der Waals surface area contributed by atoms with Crippen LogP contribution in [0.3, 0.4) is 0 Å². The minimum Gasteiger partial charge on any atom is -0.495 e. The van der Waals surface area contributed by atoms with Crippen LogP contribution in [-0.2, 0) is 19.7 Å². The van der Waals surface area contributed by atoms with E-state index in [-0.39, 0.29) is 11.5 Å². The molecule has 0 radical (unpaired) electrons. The van der Waals surface area contributed by atoms with Gasteiger partial charge in [0.15, 0.2) is 5.82 Å². The lowest BCUT2D eigenvalue weighted by Crippen LogP contribution is -2.29. The zero-order valence-electron chi connectivity index (χ0n) is 16.9. The molecule has 0 fully saturated rings. The molecule has 8 heteroatoms. The van der Waals surface area contributed by atoms with Gasteiger partial charge in [0, 0.05) is 18.2 Å². The summed E-state index contributed by atoms with van der Waals surface area (Å²) in [7, 11) is 1.59. The fourth-order valence-electron chi connectivity index (χ4n) is 3.30. The Kier molecular flexibility index (Phi) is 5.47. The van der Waals surface area contributed by atoms with Crippen molar-refractivity contribution >= 4 is 11.7 Å². The molecule has 0 atom stereocenters. The van der Waals surface area contributed by atoms with Crippen LogP contribution in [0.5, 0.6) is 11.5 Å². The van der Waals surface area contributed by atoms with Crippen molar-refractivity contribution in [2.45, 2.75) is 33.0 Å². The third-order valence-corrected chi connectivity index (χ3v) is 4.87. The average Bonchev–Trinajstić information content (AvgIpc) is 3.10. The normalized spacial score (nSPS) is 12.7. The second-order valence-electron chi connectivity index (χ2n) is 6.94. The highest BCUT2D eigenvalue weighted by Gasteiger charge is 2.30. The number of amides is 1. The molecule has 0 unspecified atom stereocenters. The number of benzene rings is 1. The lowest BCUT2D eigenvalue weighted by molar-refractivity contribution is 0.0995. The topological polar surface area (TPSA) is 86.6 Å². The lowest BCUT2D eigenvalue weighted by atomic mass is 10.1. The highest BCUT2D eigenvalue weighted by Crippen LogP contribution is 2.29. The van der Waals surface area contributed by atoms with Crippen LogP contribution in [0.4, 0.5) is 5.82 Å². The third kappa shape index (κ3) is 3.89. The number of aryl methyl sites for hydroxylation is 1. The summed E-state index contributed by atoms with van der Waals surface area (Å²) < 4.78 is 12.3. The molecule has 0 spiro atoms. The minimum atomic E-state index is -0.174. The van der Waals surface area contributed by atoms with Crippen LogP contribution in [0, 0.1) is 0 Å². The number of fused-ring (bicyclic) bond motifs is 1. The molecule has 0 saturated heterocycles. The number of methoxy groups -OCH3 is 1. The van der Waals surface area contributed by atoms with Gasteiger partial charge in [-0.2, -0.15) is 5.10 Å². The molecule has 4 rings (SSSR count). The summed E-state index contributed by atoms with van der Waals surface area (Å²) in [5, 5.41) is 4.35. The lowest BCUT2D eigenvalue weighted by Gasteiger charge is -2.15. The number of ether oxygens (including phenoxy) is 2. The predicted octanol–water partition coefficient (Wildman–Crippen LogP) is 2.80. The molecular formula is C22H22N4O4. The van der Waals surface area contributed by atoms with E-state index in [1.807, 2.05) is 25.1 Å². The molecule has 154 valence electrons. The molecule has 1 aliphatic heterocycles. The van der Waals surface area contributed by atoms with E-state index in [9.17, 15) is 9.59 Å². The van der Waals surface area contributed by atoms with Gasteiger partial charge in [0.05, 0.1) is 25.5 Å². The second kappa shape index (κ2) is 8.36. The minimum absolute atomic E-state index is 0.137. The van der Waals surface area contributed by atoms with Gasteiger partial charge >= 0.3 is 0 Å². The number of carbonyl (C=O) groups is 1. The first-order chi connectivity index (χ1) is 14.6. The molecule has 3 heterocycles. The molecule has 30 heavy (non-hydrogen) atoms. The van der Waals surface area contributed by atoms with Crippen LogP contribution in [0.15, 0.2) is 53.5 Å². The van der Waals surface area contributed by atoms with E-state index in [4.69, 9.17) is 9.47 Å². The quantitative estimate of drug-likeness (QED) is 0.600. The van der Waals surface area contributed by atoms with Gasteiger partial charge in [-0.05, 0) is 48.4 Å². The summed E-state index contributed by atoms with van der Waals surface area (Å²) in [6, 6.07) is 12.1. The second-order valence-corrected chi connectivity index (χ2v) is 6.94. The van der Waals surface area contributed by atoms with E-state index < -0.39 is 0 Å². The van der Waals surface area contributed by atoms with Crippen LogP contribution in [0.25, 0.3) is 0 Å². The van der Waals surface area contributed by atoms with Gasteiger partial charge in [0.2, 0.25) is 0 Å². The van der Waals surface area contributed by atoms with E-state index in [0.717, 1.165) is 17.7 Å². The van der Waals surface area contributed by atoms with E-state index in [1.54, 1.807) is 36.4 Å². The molecular weight excluding hydrogens is 384 g/mol. The van der Waals surface area contributed by atoms with Crippen molar-refractivity contribution in [2.24, 2.45) is 0 Å². The Hall–Kier alpha value is -3.68. The van der Waals surface area contributed by atoms with Crippen molar-refractivity contribution in [1.82, 2.24) is 14.8 Å². The van der Waals surface area contributed by atoms with Crippen molar-refractivity contribution < 1.29 is 14.3 Å². The highest BCUT2D eigenvalue weighted by atomic mass is 16.5. The molecule has 1 amide bonds. The van der Waals surface area contributed by atoms with Gasteiger partial charge in [0.1, 0.15) is 18.1 Å². The molecule has 1 aromatic carbocycles. The van der Waals surface area contributed by atoms with E-state index in [0.29, 0.717) is 42.6 Å². The number of carbonyl (C=O) groups excluding carboxylic acids is 1. The number of aromatic nitrogens is 3. The summed E-state index contributed by atoms with van der Waals surface area (Å²) in [4.78, 5) is 30.6. The first kappa shape index (κ1) is 19.6.